The summed E-state index contributed by atoms with van der Waals surface area (Å²) in [6, 6.07) is 7.41. The summed E-state index contributed by atoms with van der Waals surface area (Å²) >= 11 is 2.14. The van der Waals surface area contributed by atoms with E-state index in [1.165, 1.54) is 6.92 Å². The summed E-state index contributed by atoms with van der Waals surface area (Å²) in [5, 5.41) is 11.9. The van der Waals surface area contributed by atoms with Crippen molar-refractivity contribution in [2.75, 3.05) is 11.9 Å². The summed E-state index contributed by atoms with van der Waals surface area (Å²) in [7, 11) is 0. The van der Waals surface area contributed by atoms with Gasteiger partial charge in [0.15, 0.2) is 11.6 Å². The zero-order valence-electron chi connectivity index (χ0n) is 13.6. The number of amides is 1. The van der Waals surface area contributed by atoms with E-state index in [2.05, 4.69) is 33.4 Å². The quantitative estimate of drug-likeness (QED) is 0.453. The third kappa shape index (κ3) is 5.10. The monoisotopic (exact) mass is 462 g/mol. The van der Waals surface area contributed by atoms with Gasteiger partial charge in [-0.2, -0.15) is 0 Å². The lowest BCUT2D eigenvalue weighted by Crippen LogP contribution is -2.28. The Morgan fingerprint density at radius 1 is 1.32 bits per heavy atom. The first-order valence-electron chi connectivity index (χ1n) is 7.41. The molecule has 0 radical (unpaired) electrons. The number of anilines is 2. The molecule has 1 amide bonds. The minimum absolute atomic E-state index is 0.123. The van der Waals surface area contributed by atoms with Crippen LogP contribution in [0.15, 0.2) is 30.3 Å². The van der Waals surface area contributed by atoms with Gasteiger partial charge in [-0.05, 0) is 72.3 Å². The number of hydrogen-bond acceptors (Lipinski definition) is 4. The fourth-order valence-corrected chi connectivity index (χ4v) is 2.69. The van der Waals surface area contributed by atoms with E-state index in [0.29, 0.717) is 5.69 Å². The Labute approximate surface area is 157 Å². The van der Waals surface area contributed by atoms with Crippen LogP contribution in [0.2, 0.25) is 0 Å². The fraction of sp³-hybridized carbons (Fsp3) is 0.235. The molecule has 0 aliphatic heterocycles. The molecule has 25 heavy (non-hydrogen) atoms. The second-order valence-electron chi connectivity index (χ2n) is 5.46. The van der Waals surface area contributed by atoms with Crippen LogP contribution in [0.1, 0.15) is 22.8 Å². The maximum Gasteiger partial charge on any atom is 0.277 e. The topological polar surface area (TPSA) is 70.6 Å². The summed E-state index contributed by atoms with van der Waals surface area (Å²) in [5.74, 6) is -3.00. The SMILES string of the molecule is Cc1cc(I)ccc1Nc1c(C(=O)NOCC(C)O)ccc(F)c1F. The van der Waals surface area contributed by atoms with Gasteiger partial charge in [-0.1, -0.05) is 0 Å². The second-order valence-corrected chi connectivity index (χ2v) is 6.71. The zero-order chi connectivity index (χ0) is 18.6. The molecule has 1 atom stereocenters. The van der Waals surface area contributed by atoms with E-state index in [1.807, 2.05) is 13.0 Å². The van der Waals surface area contributed by atoms with Crippen LogP contribution in [-0.4, -0.2) is 23.7 Å². The number of carbonyl (C=O) groups excluding carboxylic acids is 1. The molecule has 134 valence electrons. The van der Waals surface area contributed by atoms with Crippen molar-refractivity contribution >= 4 is 39.9 Å². The standard InChI is InChI=1S/C17H17F2IN2O3/c1-9-7-11(20)3-6-14(9)21-16-12(4-5-13(18)15(16)19)17(24)22-25-8-10(2)23/h3-7,10,21,23H,8H2,1-2H3,(H,22,24). The molecule has 0 bridgehead atoms. The van der Waals surface area contributed by atoms with E-state index in [9.17, 15) is 13.6 Å². The van der Waals surface area contributed by atoms with Crippen molar-refractivity contribution in [1.82, 2.24) is 5.48 Å². The second kappa shape index (κ2) is 8.54. The highest BCUT2D eigenvalue weighted by atomic mass is 127. The predicted octanol–water partition coefficient (Wildman–Crippen LogP) is 3.66. The van der Waals surface area contributed by atoms with Crippen molar-refractivity contribution in [2.24, 2.45) is 0 Å². The first-order chi connectivity index (χ1) is 11.8. The highest BCUT2D eigenvalue weighted by Gasteiger charge is 2.20. The molecular formula is C17H17F2IN2O3. The Hall–Kier alpha value is -1.78. The molecule has 3 N–H and O–H groups in total. The maximum absolute atomic E-state index is 14.3. The minimum atomic E-state index is -1.17. The lowest BCUT2D eigenvalue weighted by Gasteiger charge is -2.15. The molecule has 0 aliphatic rings. The molecule has 0 saturated heterocycles. The van der Waals surface area contributed by atoms with E-state index >= 15 is 0 Å². The first kappa shape index (κ1) is 19.5. The molecule has 0 spiro atoms. The maximum atomic E-state index is 14.3. The molecule has 0 saturated carbocycles. The number of aliphatic hydroxyl groups excluding tert-OH is 1. The molecule has 2 aromatic rings. The van der Waals surface area contributed by atoms with Crippen molar-refractivity contribution in [1.29, 1.82) is 0 Å². The molecule has 2 rings (SSSR count). The predicted molar refractivity (Wildman–Crippen MR) is 98.6 cm³/mol. The Morgan fingerprint density at radius 3 is 2.68 bits per heavy atom. The Kier molecular flexibility index (Phi) is 6.68. The van der Waals surface area contributed by atoms with Gasteiger partial charge in [0, 0.05) is 9.26 Å². The number of carbonyl (C=O) groups is 1. The van der Waals surface area contributed by atoms with E-state index in [0.717, 1.165) is 21.3 Å². The lowest BCUT2D eigenvalue weighted by molar-refractivity contribution is -0.00684. The lowest BCUT2D eigenvalue weighted by atomic mass is 10.1. The molecule has 0 aliphatic carbocycles. The van der Waals surface area contributed by atoms with Crippen molar-refractivity contribution in [3.63, 3.8) is 0 Å². The molecular weight excluding hydrogens is 445 g/mol. The summed E-state index contributed by atoms with van der Waals surface area (Å²) in [6.07, 6.45) is -0.780. The van der Waals surface area contributed by atoms with Crippen LogP contribution < -0.4 is 10.8 Å². The number of benzene rings is 2. The van der Waals surface area contributed by atoms with Crippen molar-refractivity contribution in [3.8, 4) is 0 Å². The number of rotatable bonds is 6. The average Bonchev–Trinajstić information content (AvgIpc) is 2.53. The largest absolute Gasteiger partial charge is 0.391 e. The number of nitrogens with one attached hydrogen (secondary N) is 2. The third-order valence-corrected chi connectivity index (χ3v) is 3.95. The summed E-state index contributed by atoms with van der Waals surface area (Å²) in [4.78, 5) is 17.0. The van der Waals surface area contributed by atoms with Crippen molar-refractivity contribution < 1.29 is 23.5 Å². The fourth-order valence-electron chi connectivity index (χ4n) is 2.05. The van der Waals surface area contributed by atoms with Crippen LogP contribution >= 0.6 is 22.6 Å². The van der Waals surface area contributed by atoms with Gasteiger partial charge in [-0.3, -0.25) is 9.63 Å². The Balaban J connectivity index is 2.32. The third-order valence-electron chi connectivity index (χ3n) is 3.28. The van der Waals surface area contributed by atoms with Gasteiger partial charge in [0.25, 0.3) is 5.91 Å². The van der Waals surface area contributed by atoms with Gasteiger partial charge >= 0.3 is 0 Å². The van der Waals surface area contributed by atoms with Crippen molar-refractivity contribution in [2.45, 2.75) is 20.0 Å². The highest BCUT2D eigenvalue weighted by Crippen LogP contribution is 2.28. The number of hydroxylamine groups is 1. The number of aliphatic hydroxyl groups is 1. The number of hydrogen-bond donors (Lipinski definition) is 3. The smallest absolute Gasteiger partial charge is 0.277 e. The molecule has 1 unspecified atom stereocenters. The van der Waals surface area contributed by atoms with Crippen LogP contribution in [0.3, 0.4) is 0 Å². The highest BCUT2D eigenvalue weighted by molar-refractivity contribution is 14.1. The van der Waals surface area contributed by atoms with E-state index in [4.69, 9.17) is 9.94 Å². The molecule has 0 aromatic heterocycles. The Morgan fingerprint density at radius 2 is 2.04 bits per heavy atom. The average molecular weight is 462 g/mol. The minimum Gasteiger partial charge on any atom is -0.391 e. The summed E-state index contributed by atoms with van der Waals surface area (Å²) in [5.41, 5.74) is 3.04. The van der Waals surface area contributed by atoms with Gasteiger partial charge in [-0.25, -0.2) is 14.3 Å². The Bertz CT molecular complexity index is 785. The first-order valence-corrected chi connectivity index (χ1v) is 8.49. The van der Waals surface area contributed by atoms with Gasteiger partial charge in [0.1, 0.15) is 6.61 Å². The molecule has 0 fully saturated rings. The number of halogens is 3. The van der Waals surface area contributed by atoms with Gasteiger partial charge in [0.2, 0.25) is 0 Å². The van der Waals surface area contributed by atoms with Crippen LogP contribution in [-0.2, 0) is 4.84 Å². The summed E-state index contributed by atoms with van der Waals surface area (Å²) in [6.45, 7) is 3.16. The van der Waals surface area contributed by atoms with Gasteiger partial charge < -0.3 is 10.4 Å². The van der Waals surface area contributed by atoms with E-state index < -0.39 is 23.6 Å². The molecule has 0 heterocycles. The van der Waals surface area contributed by atoms with Crippen LogP contribution in [0.5, 0.6) is 0 Å². The summed E-state index contributed by atoms with van der Waals surface area (Å²) < 4.78 is 28.9. The molecule has 5 nitrogen and oxygen atoms in total. The van der Waals surface area contributed by atoms with Crippen molar-refractivity contribution in [3.05, 3.63) is 56.7 Å². The van der Waals surface area contributed by atoms with Gasteiger partial charge in [0.05, 0.1) is 17.4 Å². The zero-order valence-corrected chi connectivity index (χ0v) is 15.7. The normalized spacial score (nSPS) is 11.9. The van der Waals surface area contributed by atoms with Crippen LogP contribution in [0.25, 0.3) is 0 Å². The molecule has 2 aromatic carbocycles. The van der Waals surface area contributed by atoms with E-state index in [1.54, 1.807) is 12.1 Å². The van der Waals surface area contributed by atoms with Gasteiger partial charge in [-0.15, -0.1) is 0 Å². The van der Waals surface area contributed by atoms with E-state index in [-0.39, 0.29) is 17.9 Å². The molecule has 8 heteroatoms. The number of aryl methyl sites for hydroxylation is 1. The van der Waals surface area contributed by atoms with Crippen LogP contribution in [0.4, 0.5) is 20.2 Å². The van der Waals surface area contributed by atoms with Crippen LogP contribution in [0, 0.1) is 22.1 Å².